The number of nitrogens with zero attached hydrogens (tertiary/aromatic N) is 3. The first-order chi connectivity index (χ1) is 16.0. The van der Waals surface area contributed by atoms with Crippen molar-refractivity contribution in [2.75, 3.05) is 39.3 Å². The summed E-state index contributed by atoms with van der Waals surface area (Å²) < 4.78 is 16.9. The third-order valence-corrected chi connectivity index (χ3v) is 6.12. The predicted octanol–water partition coefficient (Wildman–Crippen LogP) is 4.36. The van der Waals surface area contributed by atoms with E-state index < -0.39 is 0 Å². The molecule has 0 unspecified atom stereocenters. The number of hydrogen-bond donors (Lipinski definition) is 0. The van der Waals surface area contributed by atoms with Gasteiger partial charge in [-0.1, -0.05) is 35.0 Å². The molecular formula is C25H28ClN3O4. The summed E-state index contributed by atoms with van der Waals surface area (Å²) in [7, 11) is 0. The minimum Gasteiger partial charge on any atom is -0.491 e. The number of aryl methyl sites for hydroxylation is 2. The van der Waals surface area contributed by atoms with Crippen molar-refractivity contribution in [1.29, 1.82) is 0 Å². The van der Waals surface area contributed by atoms with Gasteiger partial charge in [-0.3, -0.25) is 9.69 Å². The summed E-state index contributed by atoms with van der Waals surface area (Å²) in [5, 5.41) is 4.56. The number of hydrogen-bond acceptors (Lipinski definition) is 6. The van der Waals surface area contributed by atoms with Crippen molar-refractivity contribution < 1.29 is 18.8 Å². The number of para-hydroxylation sites is 1. The number of halogens is 1. The number of piperazine rings is 1. The Morgan fingerprint density at radius 3 is 2.58 bits per heavy atom. The highest BCUT2D eigenvalue weighted by atomic mass is 35.5. The van der Waals surface area contributed by atoms with Gasteiger partial charge in [-0.15, -0.1) is 0 Å². The topological polar surface area (TPSA) is 68.0 Å². The molecule has 4 rings (SSSR count). The van der Waals surface area contributed by atoms with Crippen LogP contribution in [-0.4, -0.2) is 60.2 Å². The molecule has 8 heteroatoms. The summed E-state index contributed by atoms with van der Waals surface area (Å²) in [5.74, 6) is 2.11. The average molecular weight is 470 g/mol. The highest BCUT2D eigenvalue weighted by Crippen LogP contribution is 2.23. The lowest BCUT2D eigenvalue weighted by atomic mass is 10.1. The van der Waals surface area contributed by atoms with Crippen LogP contribution in [-0.2, 0) is 6.61 Å². The van der Waals surface area contributed by atoms with Gasteiger partial charge in [0.25, 0.3) is 5.91 Å². The van der Waals surface area contributed by atoms with Crippen molar-refractivity contribution in [2.45, 2.75) is 20.5 Å². The zero-order valence-electron chi connectivity index (χ0n) is 18.9. The molecule has 0 radical (unpaired) electrons. The molecule has 7 nitrogen and oxygen atoms in total. The average Bonchev–Trinajstić information content (AvgIpc) is 3.16. The minimum atomic E-state index is 0.0183. The molecule has 1 aromatic heterocycles. The van der Waals surface area contributed by atoms with E-state index in [1.807, 2.05) is 61.2 Å². The largest absolute Gasteiger partial charge is 0.491 e. The van der Waals surface area contributed by atoms with E-state index in [-0.39, 0.29) is 5.91 Å². The van der Waals surface area contributed by atoms with Crippen molar-refractivity contribution in [3.63, 3.8) is 0 Å². The van der Waals surface area contributed by atoms with E-state index in [1.54, 1.807) is 6.07 Å². The Balaban J connectivity index is 1.25. The fourth-order valence-corrected chi connectivity index (χ4v) is 3.98. The maximum absolute atomic E-state index is 13.0. The lowest BCUT2D eigenvalue weighted by molar-refractivity contribution is 0.0620. The Labute approximate surface area is 198 Å². The van der Waals surface area contributed by atoms with Crippen LogP contribution >= 0.6 is 11.6 Å². The quantitative estimate of drug-likeness (QED) is 0.488. The third-order valence-electron chi connectivity index (χ3n) is 5.81. The van der Waals surface area contributed by atoms with Crippen LogP contribution in [0.2, 0.25) is 5.02 Å². The molecule has 174 valence electrons. The predicted molar refractivity (Wildman–Crippen MR) is 126 cm³/mol. The zero-order valence-corrected chi connectivity index (χ0v) is 19.7. The summed E-state index contributed by atoms with van der Waals surface area (Å²) in [6.45, 7) is 8.41. The molecule has 0 bridgehead atoms. The Bertz CT molecular complexity index is 1070. The Morgan fingerprint density at radius 2 is 1.85 bits per heavy atom. The van der Waals surface area contributed by atoms with Crippen LogP contribution in [0.1, 0.15) is 27.4 Å². The molecular weight excluding hydrogens is 442 g/mol. The molecule has 0 N–H and O–H groups in total. The van der Waals surface area contributed by atoms with Gasteiger partial charge in [-0.05, 0) is 44.2 Å². The number of benzene rings is 2. The molecule has 33 heavy (non-hydrogen) atoms. The summed E-state index contributed by atoms with van der Waals surface area (Å²) in [6.07, 6.45) is 0. The van der Waals surface area contributed by atoms with Crippen molar-refractivity contribution >= 4 is 17.5 Å². The Kier molecular flexibility index (Phi) is 7.52. The number of aromatic nitrogens is 1. The van der Waals surface area contributed by atoms with Gasteiger partial charge in [0.1, 0.15) is 30.5 Å². The Morgan fingerprint density at radius 1 is 1.06 bits per heavy atom. The number of carbonyl (C=O) groups excluding carboxylic acids is 1. The fourth-order valence-electron chi connectivity index (χ4n) is 3.79. The van der Waals surface area contributed by atoms with Crippen molar-refractivity contribution in [3.05, 3.63) is 76.1 Å². The number of rotatable bonds is 8. The SMILES string of the molecule is Cc1noc(C)c1COc1cccc(C(=O)N2CCN(CCOc3ccccc3Cl)CC2)c1. The van der Waals surface area contributed by atoms with E-state index in [9.17, 15) is 4.79 Å². The van der Waals surface area contributed by atoms with Crippen LogP contribution < -0.4 is 9.47 Å². The van der Waals surface area contributed by atoms with Gasteiger partial charge < -0.3 is 18.9 Å². The molecule has 1 fully saturated rings. The number of ether oxygens (including phenoxy) is 2. The summed E-state index contributed by atoms with van der Waals surface area (Å²) in [4.78, 5) is 17.2. The van der Waals surface area contributed by atoms with Crippen LogP contribution in [0.15, 0.2) is 53.1 Å². The van der Waals surface area contributed by atoms with Crippen LogP contribution in [0, 0.1) is 13.8 Å². The van der Waals surface area contributed by atoms with Gasteiger partial charge in [0.2, 0.25) is 0 Å². The van der Waals surface area contributed by atoms with E-state index in [0.29, 0.717) is 48.4 Å². The van der Waals surface area contributed by atoms with Gasteiger partial charge in [0.15, 0.2) is 0 Å². The molecule has 1 amide bonds. The van der Waals surface area contributed by atoms with Crippen LogP contribution in [0.4, 0.5) is 0 Å². The molecule has 2 aromatic carbocycles. The number of carbonyl (C=O) groups is 1. The van der Waals surface area contributed by atoms with Crippen molar-refractivity contribution in [1.82, 2.24) is 15.0 Å². The first-order valence-electron chi connectivity index (χ1n) is 11.0. The second-order valence-corrected chi connectivity index (χ2v) is 8.44. The molecule has 1 aliphatic rings. The zero-order chi connectivity index (χ0) is 23.2. The van der Waals surface area contributed by atoms with E-state index in [2.05, 4.69) is 10.1 Å². The smallest absolute Gasteiger partial charge is 0.254 e. The lowest BCUT2D eigenvalue weighted by Gasteiger charge is -2.34. The highest BCUT2D eigenvalue weighted by molar-refractivity contribution is 6.32. The van der Waals surface area contributed by atoms with Crippen LogP contribution in [0.3, 0.4) is 0 Å². The number of amides is 1. The van der Waals surface area contributed by atoms with Crippen molar-refractivity contribution in [2.24, 2.45) is 0 Å². The van der Waals surface area contributed by atoms with E-state index >= 15 is 0 Å². The molecule has 0 spiro atoms. The van der Waals surface area contributed by atoms with Crippen LogP contribution in [0.25, 0.3) is 0 Å². The molecule has 2 heterocycles. The lowest BCUT2D eigenvalue weighted by Crippen LogP contribution is -2.49. The fraction of sp³-hybridized carbons (Fsp3) is 0.360. The standard InChI is InChI=1S/C25H28ClN3O4/c1-18-22(19(2)33-27-18)17-32-21-7-5-6-20(16-21)25(30)29-12-10-28(11-13-29)14-15-31-24-9-4-3-8-23(24)26/h3-9,16H,10-15,17H2,1-2H3. The second-order valence-electron chi connectivity index (χ2n) is 8.03. The molecule has 1 saturated heterocycles. The second kappa shape index (κ2) is 10.7. The van der Waals surface area contributed by atoms with Gasteiger partial charge in [0, 0.05) is 38.3 Å². The first-order valence-corrected chi connectivity index (χ1v) is 11.4. The maximum atomic E-state index is 13.0. The Hall–Kier alpha value is -3.03. The first kappa shape index (κ1) is 23.1. The maximum Gasteiger partial charge on any atom is 0.254 e. The summed E-state index contributed by atoms with van der Waals surface area (Å²) >= 11 is 6.13. The molecule has 0 aliphatic carbocycles. The molecule has 0 saturated carbocycles. The van der Waals surface area contributed by atoms with Gasteiger partial charge in [0.05, 0.1) is 16.3 Å². The molecule has 3 aromatic rings. The third kappa shape index (κ3) is 5.86. The van der Waals surface area contributed by atoms with Gasteiger partial charge >= 0.3 is 0 Å². The molecule has 0 atom stereocenters. The molecule has 1 aliphatic heterocycles. The highest BCUT2D eigenvalue weighted by Gasteiger charge is 2.22. The van der Waals surface area contributed by atoms with E-state index in [4.69, 9.17) is 25.6 Å². The normalized spacial score (nSPS) is 14.3. The van der Waals surface area contributed by atoms with E-state index in [0.717, 1.165) is 36.7 Å². The van der Waals surface area contributed by atoms with Gasteiger partial charge in [-0.2, -0.15) is 0 Å². The van der Waals surface area contributed by atoms with Gasteiger partial charge in [-0.25, -0.2) is 0 Å². The van der Waals surface area contributed by atoms with E-state index in [1.165, 1.54) is 0 Å². The van der Waals surface area contributed by atoms with Crippen molar-refractivity contribution in [3.8, 4) is 11.5 Å². The monoisotopic (exact) mass is 469 g/mol. The summed E-state index contributed by atoms with van der Waals surface area (Å²) in [5.41, 5.74) is 2.37. The summed E-state index contributed by atoms with van der Waals surface area (Å²) in [6, 6.07) is 14.8. The minimum absolute atomic E-state index is 0.0183. The van der Waals surface area contributed by atoms with Crippen LogP contribution in [0.5, 0.6) is 11.5 Å².